The first-order valence-corrected chi connectivity index (χ1v) is 6.15. The molecule has 0 aliphatic heterocycles. The highest BCUT2D eigenvalue weighted by Crippen LogP contribution is 2.28. The summed E-state index contributed by atoms with van der Waals surface area (Å²) in [6.07, 6.45) is 0. The van der Waals surface area contributed by atoms with E-state index in [1.807, 2.05) is 24.3 Å². The second-order valence-electron chi connectivity index (χ2n) is 4.85. The molecule has 104 valence electrons. The summed E-state index contributed by atoms with van der Waals surface area (Å²) in [6.45, 7) is 2.06. The van der Waals surface area contributed by atoms with Gasteiger partial charge in [0.2, 0.25) is 0 Å². The van der Waals surface area contributed by atoms with E-state index >= 15 is 0 Å². The van der Waals surface area contributed by atoms with Gasteiger partial charge in [-0.15, -0.1) is 0 Å². The van der Waals surface area contributed by atoms with Crippen LogP contribution in [-0.2, 0) is 6.54 Å². The third-order valence-corrected chi connectivity index (χ3v) is 2.92. The Morgan fingerprint density at radius 2 is 2.21 bits per heavy atom. The van der Waals surface area contributed by atoms with Gasteiger partial charge in [-0.05, 0) is 19.1 Å². The standard InChI is InChI=1S/C14H19NO4/c1-14(17,9-16)8-15-7-11-6-10-4-3-5-12(18-2)13(10)19-11/h3-6,15-17H,7-9H2,1-2H3. The Morgan fingerprint density at radius 1 is 1.42 bits per heavy atom. The zero-order chi connectivity index (χ0) is 13.9. The molecule has 0 aliphatic rings. The van der Waals surface area contributed by atoms with E-state index in [9.17, 15) is 5.11 Å². The molecule has 5 heteroatoms. The molecular formula is C14H19NO4. The van der Waals surface area contributed by atoms with Crippen LogP contribution in [0.5, 0.6) is 5.75 Å². The van der Waals surface area contributed by atoms with E-state index in [0.717, 1.165) is 16.7 Å². The number of hydrogen-bond acceptors (Lipinski definition) is 5. The van der Waals surface area contributed by atoms with E-state index in [-0.39, 0.29) is 13.2 Å². The van der Waals surface area contributed by atoms with Crippen LogP contribution in [0.3, 0.4) is 0 Å². The predicted octanol–water partition coefficient (Wildman–Crippen LogP) is 1.27. The number of nitrogens with one attached hydrogen (secondary N) is 1. The SMILES string of the molecule is COc1cccc2cc(CNCC(C)(O)CO)oc12. The lowest BCUT2D eigenvalue weighted by atomic mass is 10.1. The summed E-state index contributed by atoms with van der Waals surface area (Å²) >= 11 is 0. The van der Waals surface area contributed by atoms with Gasteiger partial charge in [-0.3, -0.25) is 0 Å². The van der Waals surface area contributed by atoms with Gasteiger partial charge in [0.25, 0.3) is 0 Å². The molecule has 1 unspecified atom stereocenters. The molecule has 0 saturated heterocycles. The number of aliphatic hydroxyl groups is 2. The van der Waals surface area contributed by atoms with Crippen molar-refractivity contribution in [3.8, 4) is 5.75 Å². The van der Waals surface area contributed by atoms with Crippen molar-refractivity contribution in [1.29, 1.82) is 0 Å². The summed E-state index contributed by atoms with van der Waals surface area (Å²) in [6, 6.07) is 7.64. The highest BCUT2D eigenvalue weighted by Gasteiger charge is 2.18. The van der Waals surface area contributed by atoms with E-state index in [2.05, 4.69) is 5.32 Å². The molecule has 0 spiro atoms. The molecule has 0 saturated carbocycles. The molecule has 1 atom stereocenters. The van der Waals surface area contributed by atoms with E-state index in [0.29, 0.717) is 12.3 Å². The summed E-state index contributed by atoms with van der Waals surface area (Å²) in [4.78, 5) is 0. The van der Waals surface area contributed by atoms with E-state index in [1.54, 1.807) is 14.0 Å². The topological polar surface area (TPSA) is 74.9 Å². The lowest BCUT2D eigenvalue weighted by Gasteiger charge is -2.20. The number of furan rings is 1. The molecule has 0 bridgehead atoms. The van der Waals surface area contributed by atoms with E-state index in [4.69, 9.17) is 14.3 Å². The smallest absolute Gasteiger partial charge is 0.176 e. The van der Waals surface area contributed by atoms with Crippen molar-refractivity contribution in [3.05, 3.63) is 30.0 Å². The van der Waals surface area contributed by atoms with Crippen molar-refractivity contribution < 1.29 is 19.4 Å². The maximum absolute atomic E-state index is 9.66. The van der Waals surface area contributed by atoms with Gasteiger partial charge in [-0.25, -0.2) is 0 Å². The minimum atomic E-state index is -1.12. The summed E-state index contributed by atoms with van der Waals surface area (Å²) in [5.74, 6) is 1.46. The molecule has 2 aromatic rings. The van der Waals surface area contributed by atoms with E-state index in [1.165, 1.54) is 0 Å². The molecule has 1 aromatic heterocycles. The van der Waals surface area contributed by atoms with Crippen LogP contribution in [-0.4, -0.2) is 36.1 Å². The van der Waals surface area contributed by atoms with E-state index < -0.39 is 5.60 Å². The molecule has 2 rings (SSSR count). The zero-order valence-electron chi connectivity index (χ0n) is 11.1. The quantitative estimate of drug-likeness (QED) is 0.733. The monoisotopic (exact) mass is 265 g/mol. The fraction of sp³-hybridized carbons (Fsp3) is 0.429. The van der Waals surface area contributed by atoms with Crippen LogP contribution in [0.2, 0.25) is 0 Å². The molecule has 1 heterocycles. The van der Waals surface area contributed by atoms with Gasteiger partial charge in [0.15, 0.2) is 11.3 Å². The van der Waals surface area contributed by atoms with Crippen molar-refractivity contribution in [2.45, 2.75) is 19.1 Å². The van der Waals surface area contributed by atoms with Crippen LogP contribution < -0.4 is 10.1 Å². The molecule has 0 radical (unpaired) electrons. The first-order chi connectivity index (χ1) is 9.05. The van der Waals surface area contributed by atoms with Gasteiger partial charge in [-0.1, -0.05) is 12.1 Å². The molecule has 1 aromatic carbocycles. The summed E-state index contributed by atoms with van der Waals surface area (Å²) in [5.41, 5.74) is -0.403. The third-order valence-electron chi connectivity index (χ3n) is 2.92. The van der Waals surface area contributed by atoms with Crippen molar-refractivity contribution in [2.75, 3.05) is 20.3 Å². The Morgan fingerprint density at radius 3 is 2.89 bits per heavy atom. The molecular weight excluding hydrogens is 246 g/mol. The fourth-order valence-electron chi connectivity index (χ4n) is 1.85. The Hall–Kier alpha value is -1.56. The highest BCUT2D eigenvalue weighted by molar-refractivity contribution is 5.83. The van der Waals surface area contributed by atoms with Crippen molar-refractivity contribution in [2.24, 2.45) is 0 Å². The minimum Gasteiger partial charge on any atom is -0.493 e. The average Bonchev–Trinajstić information content (AvgIpc) is 2.81. The first-order valence-electron chi connectivity index (χ1n) is 6.15. The van der Waals surface area contributed by atoms with Crippen molar-refractivity contribution >= 4 is 11.0 Å². The Labute approximate surface area is 111 Å². The Bertz CT molecular complexity index is 547. The average molecular weight is 265 g/mol. The lowest BCUT2D eigenvalue weighted by Crippen LogP contribution is -2.40. The lowest BCUT2D eigenvalue weighted by molar-refractivity contribution is 0.00229. The Kier molecular flexibility index (Phi) is 4.09. The number of methoxy groups -OCH3 is 1. The number of fused-ring (bicyclic) bond motifs is 1. The van der Waals surface area contributed by atoms with Gasteiger partial charge in [0.1, 0.15) is 5.76 Å². The van der Waals surface area contributed by atoms with Crippen molar-refractivity contribution in [3.63, 3.8) is 0 Å². The number of para-hydroxylation sites is 1. The number of aliphatic hydroxyl groups excluding tert-OH is 1. The third kappa shape index (κ3) is 3.26. The van der Waals surface area contributed by atoms with Gasteiger partial charge in [-0.2, -0.15) is 0 Å². The van der Waals surface area contributed by atoms with Gasteiger partial charge < -0.3 is 24.7 Å². The zero-order valence-corrected chi connectivity index (χ0v) is 11.1. The predicted molar refractivity (Wildman–Crippen MR) is 72.2 cm³/mol. The molecule has 0 amide bonds. The number of ether oxygens (including phenoxy) is 1. The summed E-state index contributed by atoms with van der Waals surface area (Å²) in [7, 11) is 1.60. The first kappa shape index (κ1) is 13.9. The molecule has 0 fully saturated rings. The normalized spacial score (nSPS) is 14.5. The van der Waals surface area contributed by atoms with Gasteiger partial charge in [0, 0.05) is 11.9 Å². The fourth-order valence-corrected chi connectivity index (χ4v) is 1.85. The van der Waals surface area contributed by atoms with Crippen molar-refractivity contribution in [1.82, 2.24) is 5.32 Å². The minimum absolute atomic E-state index is 0.284. The maximum Gasteiger partial charge on any atom is 0.176 e. The van der Waals surface area contributed by atoms with Gasteiger partial charge in [0.05, 0.1) is 25.9 Å². The summed E-state index contributed by atoms with van der Waals surface area (Å²) in [5, 5.41) is 22.6. The number of benzene rings is 1. The largest absolute Gasteiger partial charge is 0.493 e. The molecule has 19 heavy (non-hydrogen) atoms. The van der Waals surface area contributed by atoms with Crippen LogP contribution in [0.4, 0.5) is 0 Å². The molecule has 5 nitrogen and oxygen atoms in total. The maximum atomic E-state index is 9.66. The van der Waals surface area contributed by atoms with Crippen LogP contribution in [0.15, 0.2) is 28.7 Å². The molecule has 3 N–H and O–H groups in total. The molecule has 0 aliphatic carbocycles. The summed E-state index contributed by atoms with van der Waals surface area (Å²) < 4.78 is 10.9. The highest BCUT2D eigenvalue weighted by atomic mass is 16.5. The van der Waals surface area contributed by atoms with Crippen LogP contribution in [0.25, 0.3) is 11.0 Å². The number of rotatable bonds is 6. The Balaban J connectivity index is 2.06. The second kappa shape index (κ2) is 5.61. The van der Waals surface area contributed by atoms with Crippen LogP contribution in [0.1, 0.15) is 12.7 Å². The van der Waals surface area contributed by atoms with Crippen LogP contribution in [0, 0.1) is 0 Å². The van der Waals surface area contributed by atoms with Crippen LogP contribution >= 0.6 is 0 Å². The second-order valence-corrected chi connectivity index (χ2v) is 4.85. The van der Waals surface area contributed by atoms with Gasteiger partial charge >= 0.3 is 0 Å². The number of hydrogen-bond donors (Lipinski definition) is 3.